The SMILES string of the molecule is CCC1CCCC(Oc2ncnc(NC)c2[N+](=O)[O-])C1. The summed E-state index contributed by atoms with van der Waals surface area (Å²) >= 11 is 0. The normalized spacial score (nSPS) is 22.3. The first-order valence-corrected chi connectivity index (χ1v) is 6.99. The molecule has 1 heterocycles. The second kappa shape index (κ2) is 6.49. The van der Waals surface area contributed by atoms with E-state index in [1.165, 1.54) is 12.7 Å². The molecule has 20 heavy (non-hydrogen) atoms. The fraction of sp³-hybridized carbons (Fsp3) is 0.692. The second-order valence-electron chi connectivity index (χ2n) is 5.06. The lowest BCUT2D eigenvalue weighted by molar-refractivity contribution is -0.385. The van der Waals surface area contributed by atoms with E-state index in [0.29, 0.717) is 5.92 Å². The Morgan fingerprint density at radius 1 is 1.50 bits per heavy atom. The van der Waals surface area contributed by atoms with E-state index < -0.39 is 4.92 Å². The van der Waals surface area contributed by atoms with Crippen molar-refractivity contribution in [1.82, 2.24) is 9.97 Å². The molecule has 2 rings (SSSR count). The van der Waals surface area contributed by atoms with Crippen LogP contribution in [-0.2, 0) is 0 Å². The molecule has 0 aliphatic heterocycles. The minimum absolute atomic E-state index is 0.00649. The van der Waals surface area contributed by atoms with Crippen LogP contribution in [0.1, 0.15) is 39.0 Å². The summed E-state index contributed by atoms with van der Waals surface area (Å²) in [4.78, 5) is 18.5. The number of nitrogens with one attached hydrogen (secondary N) is 1. The summed E-state index contributed by atoms with van der Waals surface area (Å²) in [5.41, 5.74) is -0.186. The molecule has 7 heteroatoms. The Labute approximate surface area is 117 Å². The second-order valence-corrected chi connectivity index (χ2v) is 5.06. The molecule has 1 fully saturated rings. The van der Waals surface area contributed by atoms with E-state index in [1.807, 2.05) is 0 Å². The zero-order valence-electron chi connectivity index (χ0n) is 11.8. The van der Waals surface area contributed by atoms with Crippen LogP contribution in [0.5, 0.6) is 5.88 Å². The maximum absolute atomic E-state index is 11.2. The van der Waals surface area contributed by atoms with E-state index >= 15 is 0 Å². The molecule has 1 saturated carbocycles. The monoisotopic (exact) mass is 280 g/mol. The van der Waals surface area contributed by atoms with E-state index in [2.05, 4.69) is 22.2 Å². The highest BCUT2D eigenvalue weighted by molar-refractivity contribution is 5.60. The van der Waals surface area contributed by atoms with Gasteiger partial charge in [-0.25, -0.2) is 4.98 Å². The van der Waals surface area contributed by atoms with Crippen LogP contribution in [0.3, 0.4) is 0 Å². The number of hydrogen-bond donors (Lipinski definition) is 1. The summed E-state index contributed by atoms with van der Waals surface area (Å²) in [5.74, 6) is 0.886. The van der Waals surface area contributed by atoms with Gasteiger partial charge in [0.05, 0.1) is 4.92 Å². The van der Waals surface area contributed by atoms with E-state index in [4.69, 9.17) is 4.74 Å². The molecule has 1 N–H and O–H groups in total. The lowest BCUT2D eigenvalue weighted by Gasteiger charge is -2.28. The molecular weight excluding hydrogens is 260 g/mol. The highest BCUT2D eigenvalue weighted by Crippen LogP contribution is 2.34. The van der Waals surface area contributed by atoms with E-state index in [9.17, 15) is 10.1 Å². The predicted octanol–water partition coefficient (Wildman–Crippen LogP) is 2.77. The van der Waals surface area contributed by atoms with Crippen LogP contribution >= 0.6 is 0 Å². The number of nitrogens with zero attached hydrogens (tertiary/aromatic N) is 3. The maximum atomic E-state index is 11.2. The minimum atomic E-state index is -0.499. The van der Waals surface area contributed by atoms with Crippen molar-refractivity contribution >= 4 is 11.5 Å². The zero-order chi connectivity index (χ0) is 14.5. The molecule has 1 aliphatic carbocycles. The summed E-state index contributed by atoms with van der Waals surface area (Å²) in [5, 5.41) is 13.9. The van der Waals surface area contributed by atoms with Crippen molar-refractivity contribution in [3.63, 3.8) is 0 Å². The summed E-state index contributed by atoms with van der Waals surface area (Å²) in [7, 11) is 1.59. The van der Waals surface area contributed by atoms with E-state index in [1.54, 1.807) is 7.05 Å². The molecule has 0 saturated heterocycles. The predicted molar refractivity (Wildman–Crippen MR) is 74.9 cm³/mol. The van der Waals surface area contributed by atoms with Crippen molar-refractivity contribution in [3.8, 4) is 5.88 Å². The Morgan fingerprint density at radius 2 is 2.30 bits per heavy atom. The van der Waals surface area contributed by atoms with Gasteiger partial charge in [0.2, 0.25) is 5.82 Å². The Kier molecular flexibility index (Phi) is 4.70. The van der Waals surface area contributed by atoms with Crippen LogP contribution < -0.4 is 10.1 Å². The van der Waals surface area contributed by atoms with Crippen LogP contribution in [-0.4, -0.2) is 28.0 Å². The molecule has 1 aliphatic rings. The molecule has 110 valence electrons. The topological polar surface area (TPSA) is 90.2 Å². The third-order valence-electron chi connectivity index (χ3n) is 3.80. The highest BCUT2D eigenvalue weighted by atomic mass is 16.6. The van der Waals surface area contributed by atoms with Gasteiger partial charge >= 0.3 is 5.69 Å². The standard InChI is InChI=1S/C13H20N4O3/c1-3-9-5-4-6-10(7-9)20-13-11(17(18)19)12(14-2)15-8-16-13/h8-10H,3-7H2,1-2H3,(H,14,15,16). The van der Waals surface area contributed by atoms with Gasteiger partial charge in [0.15, 0.2) is 0 Å². The zero-order valence-corrected chi connectivity index (χ0v) is 11.8. The van der Waals surface area contributed by atoms with Crippen molar-refractivity contribution < 1.29 is 9.66 Å². The van der Waals surface area contributed by atoms with Crippen LogP contribution in [0.25, 0.3) is 0 Å². The van der Waals surface area contributed by atoms with Crippen LogP contribution in [0.4, 0.5) is 11.5 Å². The lowest BCUT2D eigenvalue weighted by Crippen LogP contribution is -2.26. The third kappa shape index (κ3) is 3.15. The summed E-state index contributed by atoms with van der Waals surface area (Å²) in [6.07, 6.45) is 6.58. The molecule has 2 atom stereocenters. The first-order valence-electron chi connectivity index (χ1n) is 6.99. The molecule has 2 unspecified atom stereocenters. The van der Waals surface area contributed by atoms with E-state index in [-0.39, 0.29) is 23.5 Å². The van der Waals surface area contributed by atoms with Crippen molar-refractivity contribution in [1.29, 1.82) is 0 Å². The van der Waals surface area contributed by atoms with Crippen LogP contribution in [0.2, 0.25) is 0 Å². The van der Waals surface area contributed by atoms with Gasteiger partial charge < -0.3 is 10.1 Å². The Bertz CT molecular complexity index is 481. The van der Waals surface area contributed by atoms with Crippen molar-refractivity contribution in [3.05, 3.63) is 16.4 Å². The van der Waals surface area contributed by atoms with Gasteiger partial charge in [0.25, 0.3) is 5.88 Å². The van der Waals surface area contributed by atoms with Gasteiger partial charge in [0.1, 0.15) is 12.4 Å². The van der Waals surface area contributed by atoms with Gasteiger partial charge in [-0.3, -0.25) is 10.1 Å². The van der Waals surface area contributed by atoms with Crippen LogP contribution in [0.15, 0.2) is 6.33 Å². The van der Waals surface area contributed by atoms with Crippen molar-refractivity contribution in [2.75, 3.05) is 12.4 Å². The molecule has 0 aromatic carbocycles. The molecule has 1 aromatic rings. The van der Waals surface area contributed by atoms with Gasteiger partial charge in [-0.2, -0.15) is 4.98 Å². The third-order valence-corrected chi connectivity index (χ3v) is 3.80. The molecule has 1 aromatic heterocycles. The molecule has 7 nitrogen and oxygen atoms in total. The minimum Gasteiger partial charge on any atom is -0.469 e. The summed E-state index contributed by atoms with van der Waals surface area (Å²) < 4.78 is 5.79. The first kappa shape index (κ1) is 14.5. The number of rotatable bonds is 5. The largest absolute Gasteiger partial charge is 0.469 e. The van der Waals surface area contributed by atoms with Crippen LogP contribution in [0, 0.1) is 16.0 Å². The lowest BCUT2D eigenvalue weighted by atomic mass is 9.85. The van der Waals surface area contributed by atoms with Gasteiger partial charge in [-0.15, -0.1) is 0 Å². The van der Waals surface area contributed by atoms with E-state index in [0.717, 1.165) is 25.7 Å². The number of nitro groups is 1. The number of hydrogen-bond acceptors (Lipinski definition) is 6. The molecule has 0 spiro atoms. The highest BCUT2D eigenvalue weighted by Gasteiger charge is 2.28. The molecular formula is C13H20N4O3. The fourth-order valence-corrected chi connectivity index (χ4v) is 2.67. The van der Waals surface area contributed by atoms with Gasteiger partial charge in [0, 0.05) is 7.05 Å². The average Bonchev–Trinajstić information content (AvgIpc) is 2.46. The smallest absolute Gasteiger partial charge is 0.372 e. The number of ether oxygens (including phenoxy) is 1. The molecule has 0 amide bonds. The Morgan fingerprint density at radius 3 is 2.95 bits per heavy atom. The van der Waals surface area contributed by atoms with Crippen molar-refractivity contribution in [2.45, 2.75) is 45.1 Å². The summed E-state index contributed by atoms with van der Waals surface area (Å²) in [6.45, 7) is 2.17. The molecule has 0 bridgehead atoms. The van der Waals surface area contributed by atoms with Crippen molar-refractivity contribution in [2.24, 2.45) is 5.92 Å². The summed E-state index contributed by atoms with van der Waals surface area (Å²) in [6, 6.07) is 0. The fourth-order valence-electron chi connectivity index (χ4n) is 2.67. The maximum Gasteiger partial charge on any atom is 0.372 e. The Hall–Kier alpha value is -1.92. The average molecular weight is 280 g/mol. The first-order chi connectivity index (χ1) is 9.65. The number of aromatic nitrogens is 2. The number of anilines is 1. The molecule has 0 radical (unpaired) electrons. The van der Waals surface area contributed by atoms with Gasteiger partial charge in [-0.1, -0.05) is 19.8 Å². The van der Waals surface area contributed by atoms with Gasteiger partial charge in [-0.05, 0) is 25.2 Å². The Balaban J connectivity index is 2.18. The quantitative estimate of drug-likeness (QED) is 0.658.